The van der Waals surface area contributed by atoms with Crippen LogP contribution in [0, 0.1) is 0 Å². The van der Waals surface area contributed by atoms with Crippen molar-refractivity contribution in [3.05, 3.63) is 48.5 Å². The van der Waals surface area contributed by atoms with E-state index in [2.05, 4.69) is 34.2 Å². The lowest BCUT2D eigenvalue weighted by atomic mass is 10.2. The van der Waals surface area contributed by atoms with Crippen molar-refractivity contribution in [2.24, 2.45) is 0 Å². The maximum atomic E-state index is 13.0. The molecule has 1 aliphatic rings. The first-order valence-corrected chi connectivity index (χ1v) is 10.00. The molecule has 2 amide bonds. The van der Waals surface area contributed by atoms with Crippen LogP contribution in [0.3, 0.4) is 0 Å². The van der Waals surface area contributed by atoms with Crippen LogP contribution < -0.4 is 5.32 Å². The van der Waals surface area contributed by atoms with Gasteiger partial charge in [-0.05, 0) is 44.4 Å². The van der Waals surface area contributed by atoms with Crippen molar-refractivity contribution in [2.45, 2.75) is 45.4 Å². The second-order valence-electron chi connectivity index (χ2n) is 7.63. The molecule has 152 valence electrons. The molecule has 1 N–H and O–H groups in total. The molecule has 0 aliphatic carbocycles. The number of fused-ring (bicyclic) bond motifs is 1. The molecule has 0 aromatic carbocycles. The van der Waals surface area contributed by atoms with E-state index in [1.54, 1.807) is 29.7 Å². The van der Waals surface area contributed by atoms with Crippen molar-refractivity contribution in [3.8, 4) is 0 Å². The smallest absolute Gasteiger partial charge is 0.322 e. The summed E-state index contributed by atoms with van der Waals surface area (Å²) < 4.78 is 7.61. The predicted molar refractivity (Wildman–Crippen MR) is 111 cm³/mol. The largest absolute Gasteiger partial charge is 0.376 e. The summed E-state index contributed by atoms with van der Waals surface area (Å²) in [7, 11) is 0. The van der Waals surface area contributed by atoms with Crippen LogP contribution in [0.4, 0.5) is 10.5 Å². The molecule has 0 saturated carbocycles. The number of pyridine rings is 2. The van der Waals surface area contributed by atoms with Crippen molar-refractivity contribution in [3.63, 3.8) is 0 Å². The molecule has 3 aromatic heterocycles. The van der Waals surface area contributed by atoms with Crippen LogP contribution in [-0.4, -0.2) is 49.9 Å². The molecular weight excluding hydrogens is 368 g/mol. The Bertz CT molecular complexity index is 966. The third-order valence-electron chi connectivity index (χ3n) is 5.01. The van der Waals surface area contributed by atoms with Gasteiger partial charge in [0.15, 0.2) is 5.65 Å². The zero-order valence-corrected chi connectivity index (χ0v) is 16.8. The van der Waals surface area contributed by atoms with Crippen LogP contribution in [-0.2, 0) is 11.3 Å². The van der Waals surface area contributed by atoms with Crippen LogP contribution in [0.1, 0.15) is 38.3 Å². The predicted octanol–water partition coefficient (Wildman–Crippen LogP) is 3.62. The zero-order valence-electron chi connectivity index (χ0n) is 16.8. The van der Waals surface area contributed by atoms with E-state index < -0.39 is 0 Å². The Labute approximate surface area is 169 Å². The molecule has 29 heavy (non-hydrogen) atoms. The molecule has 0 unspecified atom stereocenters. The molecule has 1 saturated heterocycles. The summed E-state index contributed by atoms with van der Waals surface area (Å²) >= 11 is 0. The normalized spacial score (nSPS) is 16.4. The van der Waals surface area contributed by atoms with E-state index in [0.29, 0.717) is 18.8 Å². The number of rotatable bonds is 6. The van der Waals surface area contributed by atoms with E-state index in [4.69, 9.17) is 4.74 Å². The van der Waals surface area contributed by atoms with Crippen LogP contribution >= 0.6 is 0 Å². The Balaban J connectivity index is 1.51. The van der Waals surface area contributed by atoms with E-state index in [0.717, 1.165) is 36.0 Å². The number of anilines is 1. The number of nitrogens with zero attached hydrogens (tertiary/aromatic N) is 5. The SMILES string of the molecule is CC(C)n1ncc2cc(NC(=O)N(Cc3cccnc3)C[C@H]3CCCO3)cnc21. The molecule has 0 bridgehead atoms. The Kier molecular flexibility index (Phi) is 5.71. The molecule has 0 spiro atoms. The van der Waals surface area contributed by atoms with E-state index in [1.165, 1.54) is 0 Å². The monoisotopic (exact) mass is 394 g/mol. The van der Waals surface area contributed by atoms with Gasteiger partial charge in [-0.15, -0.1) is 0 Å². The molecule has 0 radical (unpaired) electrons. The fourth-order valence-electron chi connectivity index (χ4n) is 3.55. The van der Waals surface area contributed by atoms with Gasteiger partial charge in [0.25, 0.3) is 0 Å². The summed E-state index contributed by atoms with van der Waals surface area (Å²) in [5, 5.41) is 8.26. The number of carbonyl (C=O) groups is 1. The first-order valence-electron chi connectivity index (χ1n) is 10.00. The standard InChI is InChI=1S/C21H26N6O2/c1-15(2)27-20-17(11-24-27)9-18(12-23-20)25-21(28)26(14-19-6-4-8-29-19)13-16-5-3-7-22-10-16/h3,5,7,9-12,15,19H,4,6,8,13-14H2,1-2H3,(H,25,28)/t19-/m1/s1. The molecule has 3 aromatic rings. The first-order chi connectivity index (χ1) is 14.1. The van der Waals surface area contributed by atoms with Gasteiger partial charge in [0, 0.05) is 43.5 Å². The minimum absolute atomic E-state index is 0.0716. The van der Waals surface area contributed by atoms with Gasteiger partial charge in [-0.1, -0.05) is 6.07 Å². The fourth-order valence-corrected chi connectivity index (χ4v) is 3.55. The van der Waals surface area contributed by atoms with Gasteiger partial charge in [0.1, 0.15) is 0 Å². The Morgan fingerprint density at radius 1 is 1.38 bits per heavy atom. The van der Waals surface area contributed by atoms with Crippen molar-refractivity contribution >= 4 is 22.8 Å². The lowest BCUT2D eigenvalue weighted by Crippen LogP contribution is -2.39. The van der Waals surface area contributed by atoms with E-state index >= 15 is 0 Å². The van der Waals surface area contributed by atoms with Crippen LogP contribution in [0.25, 0.3) is 11.0 Å². The average Bonchev–Trinajstić information content (AvgIpc) is 3.37. The number of ether oxygens (including phenoxy) is 1. The first kappa shape index (κ1) is 19.3. The number of carbonyl (C=O) groups excluding carboxylic acids is 1. The van der Waals surface area contributed by atoms with Crippen molar-refractivity contribution in [1.82, 2.24) is 24.6 Å². The molecule has 8 heteroatoms. The Morgan fingerprint density at radius 2 is 2.28 bits per heavy atom. The van der Waals surface area contributed by atoms with E-state index in [-0.39, 0.29) is 18.2 Å². The number of aromatic nitrogens is 4. The van der Waals surface area contributed by atoms with Gasteiger partial charge in [-0.3, -0.25) is 4.98 Å². The number of hydrogen-bond donors (Lipinski definition) is 1. The molecule has 1 fully saturated rings. The second kappa shape index (κ2) is 8.57. The lowest BCUT2D eigenvalue weighted by molar-refractivity contribution is 0.0819. The van der Waals surface area contributed by atoms with Crippen LogP contribution in [0.5, 0.6) is 0 Å². The number of amides is 2. The maximum absolute atomic E-state index is 13.0. The summed E-state index contributed by atoms with van der Waals surface area (Å²) in [5.74, 6) is 0. The number of hydrogen-bond acceptors (Lipinski definition) is 5. The summed E-state index contributed by atoms with van der Waals surface area (Å²) in [6, 6.07) is 5.79. The molecule has 1 atom stereocenters. The topological polar surface area (TPSA) is 85.2 Å². The second-order valence-corrected chi connectivity index (χ2v) is 7.63. The summed E-state index contributed by atoms with van der Waals surface area (Å²) in [6.45, 7) is 5.89. The minimum Gasteiger partial charge on any atom is -0.376 e. The number of nitrogens with one attached hydrogen (secondary N) is 1. The van der Waals surface area contributed by atoms with Crippen LogP contribution in [0.2, 0.25) is 0 Å². The van der Waals surface area contributed by atoms with Crippen molar-refractivity contribution < 1.29 is 9.53 Å². The Hall–Kier alpha value is -3.00. The van der Waals surface area contributed by atoms with E-state index in [9.17, 15) is 4.79 Å². The Morgan fingerprint density at radius 3 is 3.00 bits per heavy atom. The zero-order chi connectivity index (χ0) is 20.2. The molecule has 4 rings (SSSR count). The highest BCUT2D eigenvalue weighted by atomic mass is 16.5. The summed E-state index contributed by atoms with van der Waals surface area (Å²) in [6.07, 6.45) is 9.04. The van der Waals surface area contributed by atoms with Gasteiger partial charge >= 0.3 is 6.03 Å². The summed E-state index contributed by atoms with van der Waals surface area (Å²) in [4.78, 5) is 23.5. The van der Waals surface area contributed by atoms with Crippen LogP contribution in [0.15, 0.2) is 43.0 Å². The lowest BCUT2D eigenvalue weighted by Gasteiger charge is -2.25. The highest BCUT2D eigenvalue weighted by molar-refractivity contribution is 5.91. The quantitative estimate of drug-likeness (QED) is 0.690. The average molecular weight is 394 g/mol. The van der Waals surface area contributed by atoms with Gasteiger partial charge in [0.2, 0.25) is 0 Å². The third-order valence-corrected chi connectivity index (χ3v) is 5.01. The van der Waals surface area contributed by atoms with Gasteiger partial charge in [-0.25, -0.2) is 14.5 Å². The molecule has 1 aliphatic heterocycles. The maximum Gasteiger partial charge on any atom is 0.322 e. The minimum atomic E-state index is -0.179. The van der Waals surface area contributed by atoms with Crippen molar-refractivity contribution in [2.75, 3.05) is 18.5 Å². The van der Waals surface area contributed by atoms with Gasteiger partial charge in [-0.2, -0.15) is 5.10 Å². The third kappa shape index (κ3) is 4.54. The van der Waals surface area contributed by atoms with Gasteiger partial charge < -0.3 is 15.0 Å². The molecule has 8 nitrogen and oxygen atoms in total. The molecular formula is C21H26N6O2. The highest BCUT2D eigenvalue weighted by Crippen LogP contribution is 2.20. The van der Waals surface area contributed by atoms with E-state index in [1.807, 2.05) is 22.9 Å². The summed E-state index contributed by atoms with van der Waals surface area (Å²) in [5.41, 5.74) is 2.44. The van der Waals surface area contributed by atoms with Gasteiger partial charge in [0.05, 0.1) is 24.2 Å². The molecule has 4 heterocycles. The van der Waals surface area contributed by atoms with Crippen molar-refractivity contribution in [1.29, 1.82) is 0 Å². The number of urea groups is 1. The fraction of sp³-hybridized carbons (Fsp3) is 0.429. The highest BCUT2D eigenvalue weighted by Gasteiger charge is 2.23.